The van der Waals surface area contributed by atoms with Crippen molar-refractivity contribution in [2.45, 2.75) is 19.1 Å². The molecule has 44 valence electrons. The van der Waals surface area contributed by atoms with Crippen molar-refractivity contribution in [3.63, 3.8) is 0 Å². The molecule has 0 fully saturated rings. The van der Waals surface area contributed by atoms with Crippen molar-refractivity contribution in [3.8, 4) is 0 Å². The highest BCUT2D eigenvalue weighted by Gasteiger charge is 2.00. The maximum Gasteiger partial charge on any atom is 0.175 e. The molecule has 1 atom stereocenters. The summed E-state index contributed by atoms with van der Waals surface area (Å²) in [7, 11) is 0. The number of nitrogens with two attached hydrogens (primary N) is 1. The number of rotatable bonds is 2. The summed E-state index contributed by atoms with van der Waals surface area (Å²) in [6.45, 7) is 3.53. The Morgan fingerprint density at radius 2 is 2.14 bits per heavy atom. The molecule has 0 aliphatic rings. The first kappa shape index (κ1) is 7.07. The summed E-state index contributed by atoms with van der Waals surface area (Å²) >= 11 is -1.30. The van der Waals surface area contributed by atoms with E-state index in [1.807, 2.05) is 0 Å². The highest BCUT2D eigenvalue weighted by Crippen LogP contribution is 1.89. The first-order valence-electron chi connectivity index (χ1n) is 1.96. The Morgan fingerprint density at radius 3 is 2.14 bits per heavy atom. The van der Waals surface area contributed by atoms with Gasteiger partial charge in [-0.25, -0.2) is 8.49 Å². The minimum atomic E-state index is -1.30. The number of hydrogen-bond donors (Lipinski definition) is 1. The van der Waals surface area contributed by atoms with Crippen LogP contribution in [0.25, 0.3) is 0 Å². The van der Waals surface area contributed by atoms with Gasteiger partial charge in [0.05, 0.1) is 5.25 Å². The zero-order valence-electron chi connectivity index (χ0n) is 4.38. The van der Waals surface area contributed by atoms with E-state index in [-0.39, 0.29) is 5.25 Å². The predicted molar refractivity (Wildman–Crippen MR) is 28.6 cm³/mol. The molecule has 0 aliphatic carbocycles. The van der Waals surface area contributed by atoms with Gasteiger partial charge in [-0.3, -0.25) is 0 Å². The van der Waals surface area contributed by atoms with E-state index < -0.39 is 11.1 Å². The average molecular weight is 123 g/mol. The SMILES string of the molecule is CC(C)S(=O)ON. The zero-order valence-corrected chi connectivity index (χ0v) is 5.20. The maximum atomic E-state index is 10.3. The van der Waals surface area contributed by atoms with Crippen molar-refractivity contribution in [1.82, 2.24) is 0 Å². The van der Waals surface area contributed by atoms with Gasteiger partial charge in [-0.15, -0.1) is 0 Å². The highest BCUT2D eigenvalue weighted by atomic mass is 32.2. The van der Waals surface area contributed by atoms with Crippen LogP contribution in [0.15, 0.2) is 0 Å². The third-order valence-electron chi connectivity index (χ3n) is 0.480. The van der Waals surface area contributed by atoms with Crippen LogP contribution in [0.5, 0.6) is 0 Å². The summed E-state index contributed by atoms with van der Waals surface area (Å²) in [4.78, 5) is 0. The largest absolute Gasteiger partial charge is 0.228 e. The van der Waals surface area contributed by atoms with Crippen LogP contribution >= 0.6 is 0 Å². The molecule has 0 amide bonds. The minimum Gasteiger partial charge on any atom is -0.228 e. The maximum absolute atomic E-state index is 10.3. The van der Waals surface area contributed by atoms with Gasteiger partial charge in [0.15, 0.2) is 11.1 Å². The smallest absolute Gasteiger partial charge is 0.175 e. The van der Waals surface area contributed by atoms with Gasteiger partial charge in [-0.05, 0) is 13.8 Å². The molecular weight excluding hydrogens is 114 g/mol. The summed E-state index contributed by atoms with van der Waals surface area (Å²) in [5, 5.41) is -0.00926. The number of hydrogen-bond acceptors (Lipinski definition) is 3. The lowest BCUT2D eigenvalue weighted by molar-refractivity contribution is 0.363. The van der Waals surface area contributed by atoms with Crippen LogP contribution in [0.4, 0.5) is 0 Å². The van der Waals surface area contributed by atoms with E-state index in [0.717, 1.165) is 0 Å². The Hall–Kier alpha value is 0.0700. The Kier molecular flexibility index (Phi) is 3.15. The van der Waals surface area contributed by atoms with Gasteiger partial charge in [0.2, 0.25) is 0 Å². The zero-order chi connectivity index (χ0) is 5.86. The van der Waals surface area contributed by atoms with E-state index in [1.165, 1.54) is 0 Å². The van der Waals surface area contributed by atoms with E-state index in [1.54, 1.807) is 13.8 Å². The van der Waals surface area contributed by atoms with E-state index in [9.17, 15) is 4.21 Å². The second-order valence-electron chi connectivity index (χ2n) is 1.41. The van der Waals surface area contributed by atoms with Crippen LogP contribution in [0.1, 0.15) is 13.8 Å². The summed E-state index contributed by atoms with van der Waals surface area (Å²) in [5.41, 5.74) is 0. The lowest BCUT2D eigenvalue weighted by Gasteiger charge is -1.97. The quantitative estimate of drug-likeness (QED) is 0.524. The predicted octanol–water partition coefficient (Wildman–Crippen LogP) is -0.0512. The standard InChI is InChI=1S/C3H9NO2S/c1-3(2)7(5)6-4/h3H,4H2,1-2H3. The second kappa shape index (κ2) is 3.12. The molecule has 1 unspecified atom stereocenters. The molecule has 0 bridgehead atoms. The van der Waals surface area contributed by atoms with E-state index in [4.69, 9.17) is 0 Å². The van der Waals surface area contributed by atoms with Crippen LogP contribution in [-0.2, 0) is 15.4 Å². The monoisotopic (exact) mass is 123 g/mol. The fourth-order valence-corrected chi connectivity index (χ4v) is 0.333. The molecule has 0 saturated carbocycles. The molecule has 0 heterocycles. The minimum absolute atomic E-state index is 0.00926. The molecule has 2 N–H and O–H groups in total. The third kappa shape index (κ3) is 2.73. The molecule has 4 heteroatoms. The molecule has 0 aromatic rings. The molecule has 0 aliphatic heterocycles. The van der Waals surface area contributed by atoms with Crippen molar-refractivity contribution in [3.05, 3.63) is 0 Å². The molecule has 0 aromatic heterocycles. The second-order valence-corrected chi connectivity index (χ2v) is 3.06. The van der Waals surface area contributed by atoms with Gasteiger partial charge in [-0.1, -0.05) is 0 Å². The van der Waals surface area contributed by atoms with Crippen molar-refractivity contribution in [2.75, 3.05) is 0 Å². The van der Waals surface area contributed by atoms with Crippen LogP contribution in [0, 0.1) is 0 Å². The first-order valence-corrected chi connectivity index (χ1v) is 3.10. The Balaban J connectivity index is 3.35. The molecule has 0 rings (SSSR count). The Labute approximate surface area is 45.5 Å². The fourth-order valence-electron chi connectivity index (χ4n) is 0.111. The Bertz CT molecular complexity index is 73.3. The first-order chi connectivity index (χ1) is 3.18. The van der Waals surface area contributed by atoms with Crippen LogP contribution in [-0.4, -0.2) is 9.46 Å². The van der Waals surface area contributed by atoms with Crippen molar-refractivity contribution in [1.29, 1.82) is 0 Å². The lowest BCUT2D eigenvalue weighted by Crippen LogP contribution is -2.12. The van der Waals surface area contributed by atoms with E-state index in [0.29, 0.717) is 0 Å². The lowest BCUT2D eigenvalue weighted by atomic mass is 10.6. The molecule has 0 radical (unpaired) electrons. The summed E-state index contributed by atoms with van der Waals surface area (Å²) in [6.07, 6.45) is 0. The van der Waals surface area contributed by atoms with Crippen LogP contribution < -0.4 is 5.90 Å². The highest BCUT2D eigenvalue weighted by molar-refractivity contribution is 7.80. The topological polar surface area (TPSA) is 52.3 Å². The van der Waals surface area contributed by atoms with Crippen LogP contribution in [0.3, 0.4) is 0 Å². The van der Waals surface area contributed by atoms with Gasteiger partial charge in [0, 0.05) is 0 Å². The molecule has 7 heavy (non-hydrogen) atoms. The van der Waals surface area contributed by atoms with Gasteiger partial charge >= 0.3 is 0 Å². The normalized spacial score (nSPS) is 14.9. The van der Waals surface area contributed by atoms with Gasteiger partial charge < -0.3 is 0 Å². The van der Waals surface area contributed by atoms with Crippen molar-refractivity contribution in [2.24, 2.45) is 5.90 Å². The van der Waals surface area contributed by atoms with Gasteiger partial charge in [0.1, 0.15) is 0 Å². The molecular formula is C3H9NO2S. The van der Waals surface area contributed by atoms with E-state index >= 15 is 0 Å². The average Bonchev–Trinajstić information content (AvgIpc) is 1.65. The van der Waals surface area contributed by atoms with Gasteiger partial charge in [0.25, 0.3) is 0 Å². The Morgan fingerprint density at radius 1 is 1.71 bits per heavy atom. The molecule has 3 nitrogen and oxygen atoms in total. The van der Waals surface area contributed by atoms with Crippen molar-refractivity contribution >= 4 is 11.1 Å². The fraction of sp³-hybridized carbons (Fsp3) is 1.00. The molecule has 0 saturated heterocycles. The summed E-state index contributed by atoms with van der Waals surface area (Å²) in [6, 6.07) is 0. The molecule has 0 aromatic carbocycles. The molecule has 0 spiro atoms. The summed E-state index contributed by atoms with van der Waals surface area (Å²) in [5.74, 6) is 4.57. The summed E-state index contributed by atoms with van der Waals surface area (Å²) < 4.78 is 14.3. The third-order valence-corrected chi connectivity index (χ3v) is 1.44. The van der Waals surface area contributed by atoms with E-state index in [2.05, 4.69) is 10.2 Å². The van der Waals surface area contributed by atoms with Crippen molar-refractivity contribution < 1.29 is 8.49 Å². The van der Waals surface area contributed by atoms with Crippen LogP contribution in [0.2, 0.25) is 0 Å². The van der Waals surface area contributed by atoms with Gasteiger partial charge in [-0.2, -0.15) is 5.90 Å².